The number of H-pyrrole nitrogens is 1. The lowest BCUT2D eigenvalue weighted by atomic mass is 9.91. The van der Waals surface area contributed by atoms with Gasteiger partial charge in [-0.3, -0.25) is 4.79 Å². The number of nitrogens with two attached hydrogens (primary N) is 1. The summed E-state index contributed by atoms with van der Waals surface area (Å²) in [5, 5.41) is 10.3. The van der Waals surface area contributed by atoms with Gasteiger partial charge in [0.1, 0.15) is 11.5 Å². The molecule has 0 fully saturated rings. The Morgan fingerprint density at radius 2 is 2.05 bits per heavy atom. The van der Waals surface area contributed by atoms with Gasteiger partial charge >= 0.3 is 5.97 Å². The predicted molar refractivity (Wildman–Crippen MR) is 81.9 cm³/mol. The van der Waals surface area contributed by atoms with E-state index in [-0.39, 0.29) is 6.61 Å². The van der Waals surface area contributed by atoms with Gasteiger partial charge in [-0.15, -0.1) is 0 Å². The summed E-state index contributed by atoms with van der Waals surface area (Å²) >= 11 is 0. The van der Waals surface area contributed by atoms with E-state index in [1.54, 1.807) is 6.20 Å². The molecule has 1 heterocycles. The second kappa shape index (κ2) is 5.87. The largest absolute Gasteiger partial charge is 0.459 e. The maximum absolute atomic E-state index is 12.5. The topological polar surface area (TPSA) is 88.3 Å². The Hall–Kier alpha value is -1.85. The SMILES string of the molecule is CC(C)(C)OC(=O)C(c1c[nH]c2ccccc12)[C@@H](N)CO. The van der Waals surface area contributed by atoms with E-state index in [0.717, 1.165) is 16.5 Å². The van der Waals surface area contributed by atoms with Crippen molar-refractivity contribution < 1.29 is 14.6 Å². The van der Waals surface area contributed by atoms with Crippen molar-refractivity contribution in [1.82, 2.24) is 4.98 Å². The molecule has 114 valence electrons. The molecule has 0 aliphatic carbocycles. The smallest absolute Gasteiger partial charge is 0.315 e. The van der Waals surface area contributed by atoms with Crippen LogP contribution in [0, 0.1) is 0 Å². The number of ether oxygens (including phenoxy) is 1. The molecule has 5 nitrogen and oxygen atoms in total. The van der Waals surface area contributed by atoms with Gasteiger partial charge in [0, 0.05) is 23.1 Å². The molecule has 1 aromatic heterocycles. The molecule has 2 atom stereocenters. The first kappa shape index (κ1) is 15.5. The van der Waals surface area contributed by atoms with E-state index in [2.05, 4.69) is 4.98 Å². The summed E-state index contributed by atoms with van der Waals surface area (Å²) < 4.78 is 5.45. The van der Waals surface area contributed by atoms with Gasteiger partial charge in [-0.25, -0.2) is 0 Å². The summed E-state index contributed by atoms with van der Waals surface area (Å²) in [6, 6.07) is 6.95. The van der Waals surface area contributed by atoms with Crippen LogP contribution in [0.4, 0.5) is 0 Å². The average Bonchev–Trinajstić information content (AvgIpc) is 2.81. The van der Waals surface area contributed by atoms with Crippen LogP contribution in [0.5, 0.6) is 0 Å². The number of carbonyl (C=O) groups excluding carboxylic acids is 1. The molecule has 2 aromatic rings. The van der Waals surface area contributed by atoms with Crippen molar-refractivity contribution in [3.8, 4) is 0 Å². The number of rotatable bonds is 4. The van der Waals surface area contributed by atoms with Crippen LogP contribution in [0.25, 0.3) is 10.9 Å². The number of fused-ring (bicyclic) bond motifs is 1. The number of carbonyl (C=O) groups is 1. The quantitative estimate of drug-likeness (QED) is 0.751. The molecule has 5 heteroatoms. The summed E-state index contributed by atoms with van der Waals surface area (Å²) in [5.41, 5.74) is 7.03. The second-order valence-corrected chi connectivity index (χ2v) is 6.15. The van der Waals surface area contributed by atoms with E-state index in [9.17, 15) is 9.90 Å². The van der Waals surface area contributed by atoms with E-state index in [0.29, 0.717) is 0 Å². The number of aliphatic hydroxyl groups is 1. The van der Waals surface area contributed by atoms with Crippen molar-refractivity contribution in [2.45, 2.75) is 38.3 Å². The Bertz CT molecular complexity index is 628. The maximum atomic E-state index is 12.5. The average molecular weight is 290 g/mol. The molecule has 21 heavy (non-hydrogen) atoms. The van der Waals surface area contributed by atoms with E-state index in [1.165, 1.54) is 0 Å². The highest BCUT2D eigenvalue weighted by atomic mass is 16.6. The fourth-order valence-electron chi connectivity index (χ4n) is 2.35. The van der Waals surface area contributed by atoms with Crippen LogP contribution in [-0.2, 0) is 9.53 Å². The van der Waals surface area contributed by atoms with Crippen LogP contribution >= 0.6 is 0 Å². The zero-order valence-corrected chi connectivity index (χ0v) is 12.6. The first-order valence-electron chi connectivity index (χ1n) is 6.99. The third kappa shape index (κ3) is 3.43. The molecule has 0 saturated carbocycles. The fraction of sp³-hybridized carbons (Fsp3) is 0.438. The van der Waals surface area contributed by atoms with Gasteiger partial charge in [0.2, 0.25) is 0 Å². The highest BCUT2D eigenvalue weighted by Gasteiger charge is 2.33. The zero-order valence-electron chi connectivity index (χ0n) is 12.6. The third-order valence-corrected chi connectivity index (χ3v) is 3.26. The molecular formula is C16H22N2O3. The molecule has 0 aliphatic heterocycles. The van der Waals surface area contributed by atoms with Crippen molar-refractivity contribution >= 4 is 16.9 Å². The number of aliphatic hydroxyl groups excluding tert-OH is 1. The standard InChI is InChI=1S/C16H22N2O3/c1-16(2,3)21-15(20)14(12(17)9-19)11-8-18-13-7-5-4-6-10(11)13/h4-8,12,14,18-19H,9,17H2,1-3H3/t12-,14?/m0/s1. The monoisotopic (exact) mass is 290 g/mol. The van der Waals surface area contributed by atoms with Gasteiger partial charge in [-0.05, 0) is 32.4 Å². The van der Waals surface area contributed by atoms with Gasteiger partial charge in [0.05, 0.1) is 6.61 Å². The molecule has 0 amide bonds. The van der Waals surface area contributed by atoms with E-state index >= 15 is 0 Å². The van der Waals surface area contributed by atoms with E-state index < -0.39 is 23.5 Å². The molecule has 2 rings (SSSR count). The molecule has 1 unspecified atom stereocenters. The van der Waals surface area contributed by atoms with Crippen LogP contribution < -0.4 is 5.73 Å². The zero-order chi connectivity index (χ0) is 15.6. The highest BCUT2D eigenvalue weighted by molar-refractivity contribution is 5.90. The lowest BCUT2D eigenvalue weighted by molar-refractivity contribution is -0.157. The van der Waals surface area contributed by atoms with Crippen molar-refractivity contribution in [3.05, 3.63) is 36.0 Å². The Kier molecular flexibility index (Phi) is 4.34. The first-order valence-corrected chi connectivity index (χ1v) is 6.99. The van der Waals surface area contributed by atoms with Crippen LogP contribution in [0.1, 0.15) is 32.3 Å². The number of aromatic nitrogens is 1. The summed E-state index contributed by atoms with van der Waals surface area (Å²) in [6.45, 7) is 5.13. The van der Waals surface area contributed by atoms with Crippen LogP contribution in [-0.4, -0.2) is 34.3 Å². The third-order valence-electron chi connectivity index (χ3n) is 3.26. The summed E-state index contributed by atoms with van der Waals surface area (Å²) in [7, 11) is 0. The van der Waals surface area contributed by atoms with Crippen LogP contribution in [0.3, 0.4) is 0 Å². The minimum absolute atomic E-state index is 0.288. The highest BCUT2D eigenvalue weighted by Crippen LogP contribution is 2.29. The Morgan fingerprint density at radius 3 is 2.67 bits per heavy atom. The number of hydrogen-bond donors (Lipinski definition) is 3. The Balaban J connectivity index is 2.43. The van der Waals surface area contributed by atoms with Crippen LogP contribution in [0.15, 0.2) is 30.5 Å². The fourth-order valence-corrected chi connectivity index (χ4v) is 2.35. The molecule has 4 N–H and O–H groups in total. The maximum Gasteiger partial charge on any atom is 0.315 e. The number of esters is 1. The predicted octanol–water partition coefficient (Wildman–Crippen LogP) is 1.91. The summed E-state index contributed by atoms with van der Waals surface area (Å²) in [4.78, 5) is 15.6. The molecule has 0 spiro atoms. The van der Waals surface area contributed by atoms with Crippen molar-refractivity contribution in [3.63, 3.8) is 0 Å². The number of benzene rings is 1. The van der Waals surface area contributed by atoms with Crippen molar-refractivity contribution in [1.29, 1.82) is 0 Å². The number of nitrogens with one attached hydrogen (secondary N) is 1. The van der Waals surface area contributed by atoms with Gasteiger partial charge in [0.15, 0.2) is 0 Å². The number of hydrogen-bond acceptors (Lipinski definition) is 4. The number of para-hydroxylation sites is 1. The normalized spacial score (nSPS) is 14.9. The minimum Gasteiger partial charge on any atom is -0.459 e. The van der Waals surface area contributed by atoms with Gasteiger partial charge in [-0.2, -0.15) is 0 Å². The van der Waals surface area contributed by atoms with Crippen LogP contribution in [0.2, 0.25) is 0 Å². The minimum atomic E-state index is -0.709. The lowest BCUT2D eigenvalue weighted by Crippen LogP contribution is -2.40. The Labute approximate surface area is 124 Å². The molecule has 0 bridgehead atoms. The van der Waals surface area contributed by atoms with Gasteiger partial charge in [-0.1, -0.05) is 18.2 Å². The van der Waals surface area contributed by atoms with Crippen molar-refractivity contribution in [2.75, 3.05) is 6.61 Å². The van der Waals surface area contributed by atoms with E-state index in [1.807, 2.05) is 45.0 Å². The second-order valence-electron chi connectivity index (χ2n) is 6.15. The molecule has 1 aromatic carbocycles. The molecule has 0 radical (unpaired) electrons. The van der Waals surface area contributed by atoms with Crippen molar-refractivity contribution in [2.24, 2.45) is 5.73 Å². The van der Waals surface area contributed by atoms with E-state index in [4.69, 9.17) is 10.5 Å². The summed E-state index contributed by atoms with van der Waals surface area (Å²) in [5.74, 6) is -1.13. The Morgan fingerprint density at radius 1 is 1.38 bits per heavy atom. The molecule has 0 aliphatic rings. The first-order chi connectivity index (χ1) is 9.83. The number of aromatic amines is 1. The molecular weight excluding hydrogens is 268 g/mol. The lowest BCUT2D eigenvalue weighted by Gasteiger charge is -2.26. The summed E-state index contributed by atoms with van der Waals surface area (Å²) in [6.07, 6.45) is 1.76. The van der Waals surface area contributed by atoms with Gasteiger partial charge in [0.25, 0.3) is 0 Å². The van der Waals surface area contributed by atoms with Gasteiger partial charge < -0.3 is 20.6 Å². The molecule has 0 saturated heterocycles.